The fourth-order valence-electron chi connectivity index (χ4n) is 3.85. The van der Waals surface area contributed by atoms with Crippen LogP contribution < -0.4 is 10.2 Å². The van der Waals surface area contributed by atoms with E-state index in [1.54, 1.807) is 18.3 Å². The summed E-state index contributed by atoms with van der Waals surface area (Å²) in [5, 5.41) is 15.7. The van der Waals surface area contributed by atoms with Crippen molar-refractivity contribution in [3.8, 4) is 0 Å². The maximum absolute atomic E-state index is 11.7. The number of nitrogens with one attached hydrogen (secondary N) is 1. The predicted molar refractivity (Wildman–Crippen MR) is 93.5 cm³/mol. The van der Waals surface area contributed by atoms with E-state index in [1.807, 2.05) is 12.1 Å². The molecule has 1 aromatic heterocycles. The van der Waals surface area contributed by atoms with Gasteiger partial charge in [0.15, 0.2) is 0 Å². The van der Waals surface area contributed by atoms with Crippen LogP contribution in [0.25, 0.3) is 10.9 Å². The third-order valence-electron chi connectivity index (χ3n) is 5.12. The number of nitrogens with zero attached hydrogens (tertiary/aromatic N) is 4. The third-order valence-corrected chi connectivity index (χ3v) is 5.12. The number of aromatic nitrogens is 1. The Kier molecular flexibility index (Phi) is 4.03. The highest BCUT2D eigenvalue weighted by Crippen LogP contribution is 2.35. The molecule has 126 valence electrons. The molecular formula is C17H21N5O2. The van der Waals surface area contributed by atoms with E-state index in [9.17, 15) is 10.1 Å². The quantitative estimate of drug-likeness (QED) is 0.682. The molecule has 0 bridgehead atoms. The normalized spacial score (nSPS) is 22.2. The van der Waals surface area contributed by atoms with Crippen molar-refractivity contribution in [3.05, 3.63) is 40.6 Å². The summed E-state index contributed by atoms with van der Waals surface area (Å²) in [4.78, 5) is 20.3. The van der Waals surface area contributed by atoms with Crippen LogP contribution >= 0.6 is 0 Å². The van der Waals surface area contributed by atoms with E-state index in [1.165, 1.54) is 6.42 Å². The van der Waals surface area contributed by atoms with Gasteiger partial charge in [-0.15, -0.1) is 0 Å². The average molecular weight is 327 g/mol. The number of benzene rings is 1. The maximum atomic E-state index is 11.7. The van der Waals surface area contributed by atoms with Gasteiger partial charge in [-0.2, -0.15) is 0 Å². The summed E-state index contributed by atoms with van der Waals surface area (Å²) < 4.78 is 0. The summed E-state index contributed by atoms with van der Waals surface area (Å²) in [7, 11) is 0. The standard InChI is InChI=1S/C17H21N5O2/c23-22(24)17-14-2-1-6-19-15(14)3-4-16(17)21-10-8-20(9-11-21)13-5-7-18-12-13/h1-4,6,13,18H,5,7-12H2. The second kappa shape index (κ2) is 6.33. The molecule has 2 saturated heterocycles. The van der Waals surface area contributed by atoms with E-state index >= 15 is 0 Å². The minimum Gasteiger partial charge on any atom is -0.363 e. The van der Waals surface area contributed by atoms with Crippen LogP contribution in [-0.4, -0.2) is 60.1 Å². The number of piperazine rings is 1. The lowest BCUT2D eigenvalue weighted by atomic mass is 10.1. The Morgan fingerprint density at radius 3 is 2.75 bits per heavy atom. The van der Waals surface area contributed by atoms with Crippen molar-refractivity contribution in [2.45, 2.75) is 12.5 Å². The van der Waals surface area contributed by atoms with Gasteiger partial charge in [0.1, 0.15) is 5.69 Å². The summed E-state index contributed by atoms with van der Waals surface area (Å²) in [6.07, 6.45) is 2.86. The number of pyridine rings is 1. The number of hydrogen-bond donors (Lipinski definition) is 1. The first-order valence-corrected chi connectivity index (χ1v) is 8.46. The minimum atomic E-state index is -0.271. The van der Waals surface area contributed by atoms with Crippen LogP contribution in [0.1, 0.15) is 6.42 Å². The molecule has 1 aromatic carbocycles. The number of fused-ring (bicyclic) bond motifs is 1. The number of rotatable bonds is 3. The van der Waals surface area contributed by atoms with E-state index in [2.05, 4.69) is 20.1 Å². The zero-order chi connectivity index (χ0) is 16.5. The van der Waals surface area contributed by atoms with Gasteiger partial charge >= 0.3 is 5.69 Å². The van der Waals surface area contributed by atoms with Gasteiger partial charge in [0.25, 0.3) is 0 Å². The van der Waals surface area contributed by atoms with Gasteiger partial charge < -0.3 is 10.2 Å². The van der Waals surface area contributed by atoms with Gasteiger partial charge in [0.2, 0.25) is 0 Å². The summed E-state index contributed by atoms with van der Waals surface area (Å²) in [6.45, 7) is 5.70. The molecule has 0 radical (unpaired) electrons. The zero-order valence-corrected chi connectivity index (χ0v) is 13.5. The molecule has 0 aliphatic carbocycles. The molecule has 1 unspecified atom stereocenters. The molecule has 2 fully saturated rings. The van der Waals surface area contributed by atoms with Crippen LogP contribution in [-0.2, 0) is 0 Å². The lowest BCUT2D eigenvalue weighted by molar-refractivity contribution is -0.382. The Labute approximate surface area is 140 Å². The molecule has 24 heavy (non-hydrogen) atoms. The molecular weight excluding hydrogens is 306 g/mol. The molecule has 2 aliphatic heterocycles. The fraction of sp³-hybridized carbons (Fsp3) is 0.471. The second-order valence-corrected chi connectivity index (χ2v) is 6.43. The first kappa shape index (κ1) is 15.3. The van der Waals surface area contributed by atoms with E-state index in [0.717, 1.165) is 39.3 Å². The maximum Gasteiger partial charge on any atom is 0.301 e. The molecule has 0 spiro atoms. The number of nitro benzene ring substituents is 1. The largest absolute Gasteiger partial charge is 0.363 e. The molecule has 1 N–H and O–H groups in total. The van der Waals surface area contributed by atoms with Crippen molar-refractivity contribution in [2.24, 2.45) is 0 Å². The third kappa shape index (κ3) is 2.70. The molecule has 3 heterocycles. The Bertz CT molecular complexity index is 752. The highest BCUT2D eigenvalue weighted by molar-refractivity contribution is 5.94. The molecule has 2 aromatic rings. The summed E-state index contributed by atoms with van der Waals surface area (Å²) >= 11 is 0. The van der Waals surface area contributed by atoms with Gasteiger partial charge in [-0.1, -0.05) is 0 Å². The molecule has 4 rings (SSSR count). The van der Waals surface area contributed by atoms with Crippen LogP contribution in [0, 0.1) is 10.1 Å². The van der Waals surface area contributed by atoms with Gasteiger partial charge in [-0.05, 0) is 37.2 Å². The van der Waals surface area contributed by atoms with Crippen molar-refractivity contribution in [1.82, 2.24) is 15.2 Å². The average Bonchev–Trinajstić information content (AvgIpc) is 3.15. The summed E-state index contributed by atoms with van der Waals surface area (Å²) in [5.74, 6) is 0. The van der Waals surface area contributed by atoms with Crippen molar-refractivity contribution in [2.75, 3.05) is 44.2 Å². The van der Waals surface area contributed by atoms with Crippen molar-refractivity contribution in [3.63, 3.8) is 0 Å². The Balaban J connectivity index is 1.60. The smallest absolute Gasteiger partial charge is 0.301 e. The van der Waals surface area contributed by atoms with Gasteiger partial charge in [0, 0.05) is 45.0 Å². The molecule has 1 atom stereocenters. The van der Waals surface area contributed by atoms with E-state index in [4.69, 9.17) is 0 Å². The molecule has 7 nitrogen and oxygen atoms in total. The first-order valence-electron chi connectivity index (χ1n) is 8.46. The Morgan fingerprint density at radius 2 is 2.04 bits per heavy atom. The molecule has 0 saturated carbocycles. The molecule has 2 aliphatic rings. The SMILES string of the molecule is O=[N+]([O-])c1c(N2CCN(C3CCNC3)CC2)ccc2ncccc12. The van der Waals surface area contributed by atoms with Crippen LogP contribution in [0.3, 0.4) is 0 Å². The number of anilines is 1. The van der Waals surface area contributed by atoms with Gasteiger partial charge in [0.05, 0.1) is 15.8 Å². The Hall–Kier alpha value is -2.25. The van der Waals surface area contributed by atoms with Crippen molar-refractivity contribution in [1.29, 1.82) is 0 Å². The van der Waals surface area contributed by atoms with E-state index in [-0.39, 0.29) is 10.6 Å². The number of hydrogen-bond acceptors (Lipinski definition) is 6. The van der Waals surface area contributed by atoms with E-state index in [0.29, 0.717) is 22.6 Å². The number of nitro groups is 1. The topological polar surface area (TPSA) is 74.5 Å². The highest BCUT2D eigenvalue weighted by Gasteiger charge is 2.29. The van der Waals surface area contributed by atoms with Crippen LogP contribution in [0.4, 0.5) is 11.4 Å². The fourth-order valence-corrected chi connectivity index (χ4v) is 3.85. The van der Waals surface area contributed by atoms with Gasteiger partial charge in [-0.3, -0.25) is 20.0 Å². The first-order chi connectivity index (χ1) is 11.7. The van der Waals surface area contributed by atoms with Crippen LogP contribution in [0.15, 0.2) is 30.5 Å². The lowest BCUT2D eigenvalue weighted by Gasteiger charge is -2.38. The molecule has 0 amide bonds. The minimum absolute atomic E-state index is 0.177. The summed E-state index contributed by atoms with van der Waals surface area (Å²) in [6, 6.07) is 7.88. The van der Waals surface area contributed by atoms with Gasteiger partial charge in [-0.25, -0.2) is 0 Å². The zero-order valence-electron chi connectivity index (χ0n) is 13.5. The Morgan fingerprint density at radius 1 is 1.21 bits per heavy atom. The highest BCUT2D eigenvalue weighted by atomic mass is 16.6. The summed E-state index contributed by atoms with van der Waals surface area (Å²) in [5.41, 5.74) is 1.56. The monoisotopic (exact) mass is 327 g/mol. The van der Waals surface area contributed by atoms with E-state index < -0.39 is 0 Å². The van der Waals surface area contributed by atoms with Crippen molar-refractivity contribution >= 4 is 22.3 Å². The molecule has 7 heteroatoms. The van der Waals surface area contributed by atoms with Crippen LogP contribution in [0.2, 0.25) is 0 Å². The van der Waals surface area contributed by atoms with Crippen molar-refractivity contribution < 1.29 is 4.92 Å². The second-order valence-electron chi connectivity index (χ2n) is 6.43. The predicted octanol–water partition coefficient (Wildman–Crippen LogP) is 1.63. The van der Waals surface area contributed by atoms with Crippen LogP contribution in [0.5, 0.6) is 0 Å². The lowest BCUT2D eigenvalue weighted by Crippen LogP contribution is -2.51.